The monoisotopic (exact) mass is 583 g/mol. The summed E-state index contributed by atoms with van der Waals surface area (Å²) in [4.78, 5) is 26.7. The van der Waals surface area contributed by atoms with Crippen molar-refractivity contribution in [2.45, 2.75) is 95.1 Å². The molecule has 43 heavy (non-hydrogen) atoms. The van der Waals surface area contributed by atoms with E-state index in [4.69, 9.17) is 23.7 Å². The van der Waals surface area contributed by atoms with Gasteiger partial charge in [0.25, 0.3) is 0 Å². The van der Waals surface area contributed by atoms with E-state index in [0.29, 0.717) is 24.3 Å². The Hall–Kier alpha value is -3.20. The van der Waals surface area contributed by atoms with E-state index in [1.165, 1.54) is 5.56 Å². The van der Waals surface area contributed by atoms with Crippen molar-refractivity contribution in [1.29, 1.82) is 0 Å². The molecule has 4 heterocycles. The van der Waals surface area contributed by atoms with Gasteiger partial charge < -0.3 is 29.0 Å². The summed E-state index contributed by atoms with van der Waals surface area (Å²) in [5, 5.41) is 3.48. The van der Waals surface area contributed by atoms with E-state index < -0.39 is 28.9 Å². The summed E-state index contributed by atoms with van der Waals surface area (Å²) in [6.45, 7) is 11.1. The Morgan fingerprint density at radius 2 is 1.81 bits per heavy atom. The summed E-state index contributed by atoms with van der Waals surface area (Å²) < 4.78 is 32.4. The van der Waals surface area contributed by atoms with Gasteiger partial charge in [-0.25, -0.2) is 9.59 Å². The molecule has 2 aromatic carbocycles. The molecule has 3 aliphatic carbocycles. The maximum Gasteiger partial charge on any atom is 0.340 e. The predicted octanol–water partition coefficient (Wildman–Crippen LogP) is 5.33. The van der Waals surface area contributed by atoms with Crippen molar-refractivity contribution < 1.29 is 33.3 Å². The number of para-hydroxylation sites is 1. The minimum atomic E-state index is -0.785. The fourth-order valence-corrected chi connectivity index (χ4v) is 9.81. The van der Waals surface area contributed by atoms with Crippen LogP contribution in [0.15, 0.2) is 53.6 Å². The molecule has 9 rings (SSSR count). The van der Waals surface area contributed by atoms with Crippen molar-refractivity contribution in [2.75, 3.05) is 11.9 Å². The van der Waals surface area contributed by atoms with Crippen molar-refractivity contribution in [3.05, 3.63) is 70.3 Å². The lowest BCUT2D eigenvalue weighted by Gasteiger charge is -2.53. The third-order valence-electron chi connectivity index (χ3n) is 12.3. The molecule has 0 amide bonds. The smallest absolute Gasteiger partial charge is 0.340 e. The van der Waals surface area contributed by atoms with Gasteiger partial charge in [0, 0.05) is 16.7 Å². The number of fused-ring (bicyclic) bond motifs is 4. The molecule has 0 aromatic heterocycles. The van der Waals surface area contributed by atoms with Crippen molar-refractivity contribution in [3.63, 3.8) is 0 Å². The fourth-order valence-electron chi connectivity index (χ4n) is 9.81. The zero-order valence-electron chi connectivity index (χ0n) is 25.2. The van der Waals surface area contributed by atoms with Crippen LogP contribution in [0.5, 0.6) is 0 Å². The number of cyclic esters (lactones) is 1. The highest BCUT2D eigenvalue weighted by atomic mass is 16.8. The van der Waals surface area contributed by atoms with Crippen LogP contribution in [0.4, 0.5) is 11.4 Å². The molecule has 8 nitrogen and oxygen atoms in total. The second-order valence-corrected chi connectivity index (χ2v) is 14.2. The molecule has 4 aliphatic heterocycles. The minimum absolute atomic E-state index is 0.0899. The van der Waals surface area contributed by atoms with Crippen LogP contribution in [0.25, 0.3) is 0 Å². The van der Waals surface area contributed by atoms with Gasteiger partial charge in [0.15, 0.2) is 11.7 Å². The standard InChI is InChI=1S/C35H37NO7/c1-17(2)33-27(42-33)28-35(43-28)32(5)14-13-20-22(16-39-29(20)37)23(32)15-26-34(35,41-26)31(33)40-30(38)21-10-6-7-11-25(21)36-24-12-8-9-18(3)19(24)4/h6-12,17,23,26-28,31,36H,13-16H2,1-5H3. The number of hydrogen-bond acceptors (Lipinski definition) is 8. The van der Waals surface area contributed by atoms with Crippen LogP contribution in [0, 0.1) is 31.1 Å². The van der Waals surface area contributed by atoms with E-state index in [0.717, 1.165) is 35.2 Å². The first-order chi connectivity index (χ1) is 20.6. The summed E-state index contributed by atoms with van der Waals surface area (Å²) in [7, 11) is 0. The number of carbonyl (C=O) groups is 2. The second-order valence-electron chi connectivity index (χ2n) is 14.2. The highest BCUT2D eigenvalue weighted by Crippen LogP contribution is 2.83. The third-order valence-corrected chi connectivity index (χ3v) is 12.3. The summed E-state index contributed by atoms with van der Waals surface area (Å²) >= 11 is 0. The fraction of sp³-hybridized carbons (Fsp3) is 0.543. The number of hydrogen-bond donors (Lipinski definition) is 1. The highest BCUT2D eigenvalue weighted by molar-refractivity contribution is 5.97. The molecular formula is C35H37NO7. The average molecular weight is 584 g/mol. The Morgan fingerprint density at radius 1 is 1.02 bits per heavy atom. The zero-order chi connectivity index (χ0) is 29.7. The number of nitrogens with one attached hydrogen (secondary N) is 1. The largest absolute Gasteiger partial charge is 0.458 e. The van der Waals surface area contributed by atoms with Gasteiger partial charge >= 0.3 is 11.9 Å². The highest BCUT2D eigenvalue weighted by Gasteiger charge is 3.01. The van der Waals surface area contributed by atoms with E-state index in [1.54, 1.807) is 0 Å². The molecule has 2 spiro atoms. The van der Waals surface area contributed by atoms with Gasteiger partial charge in [0.05, 0.1) is 17.4 Å². The molecule has 0 radical (unpaired) electrons. The van der Waals surface area contributed by atoms with Gasteiger partial charge in [0.2, 0.25) is 0 Å². The van der Waals surface area contributed by atoms with Gasteiger partial charge in [-0.2, -0.15) is 0 Å². The van der Waals surface area contributed by atoms with Crippen LogP contribution in [-0.4, -0.2) is 59.8 Å². The summed E-state index contributed by atoms with van der Waals surface area (Å²) in [5.74, 6) is -0.366. The predicted molar refractivity (Wildman–Crippen MR) is 156 cm³/mol. The van der Waals surface area contributed by atoms with Crippen molar-refractivity contribution in [3.8, 4) is 0 Å². The molecule has 8 heteroatoms. The van der Waals surface area contributed by atoms with E-state index >= 15 is 0 Å². The minimum Gasteiger partial charge on any atom is -0.458 e. The lowest BCUT2D eigenvalue weighted by Crippen LogP contribution is -2.70. The Morgan fingerprint density at radius 3 is 2.63 bits per heavy atom. The van der Waals surface area contributed by atoms with Crippen LogP contribution >= 0.6 is 0 Å². The van der Waals surface area contributed by atoms with Crippen LogP contribution < -0.4 is 5.32 Å². The number of esters is 2. The van der Waals surface area contributed by atoms with Crippen molar-refractivity contribution in [2.24, 2.45) is 17.3 Å². The molecule has 9 unspecified atom stereocenters. The Kier molecular flexibility index (Phi) is 4.93. The molecular weight excluding hydrogens is 546 g/mol. The quantitative estimate of drug-likeness (QED) is 0.373. The molecule has 9 atom stereocenters. The van der Waals surface area contributed by atoms with E-state index in [9.17, 15) is 9.59 Å². The Balaban J connectivity index is 1.10. The normalized spacial score (nSPS) is 42.5. The van der Waals surface area contributed by atoms with E-state index in [2.05, 4.69) is 46.0 Å². The lowest BCUT2D eigenvalue weighted by atomic mass is 9.46. The molecule has 224 valence electrons. The molecule has 7 aliphatic rings. The maximum absolute atomic E-state index is 14.2. The van der Waals surface area contributed by atoms with Gasteiger partial charge in [-0.1, -0.05) is 45.0 Å². The molecule has 3 saturated heterocycles. The number of epoxide rings is 3. The molecule has 2 aromatic rings. The summed E-state index contributed by atoms with van der Waals surface area (Å²) in [6, 6.07) is 13.6. The van der Waals surface area contributed by atoms with Gasteiger partial charge in [-0.05, 0) is 79.8 Å². The number of anilines is 2. The first-order valence-corrected chi connectivity index (χ1v) is 15.7. The van der Waals surface area contributed by atoms with E-state index in [-0.39, 0.29) is 41.5 Å². The zero-order valence-corrected chi connectivity index (χ0v) is 25.2. The van der Waals surface area contributed by atoms with Crippen LogP contribution in [0.2, 0.25) is 0 Å². The average Bonchev–Trinajstić information content (AvgIpc) is 3.90. The Labute approximate surface area is 251 Å². The number of rotatable bonds is 5. The van der Waals surface area contributed by atoms with Crippen LogP contribution in [0.3, 0.4) is 0 Å². The van der Waals surface area contributed by atoms with Crippen molar-refractivity contribution in [1.82, 2.24) is 0 Å². The van der Waals surface area contributed by atoms with Crippen LogP contribution in [0.1, 0.15) is 61.5 Å². The topological polar surface area (TPSA) is 102 Å². The Bertz CT molecular complexity index is 1660. The number of carbonyl (C=O) groups excluding carboxylic acids is 2. The number of aryl methyl sites for hydroxylation is 1. The maximum atomic E-state index is 14.2. The third kappa shape index (κ3) is 2.94. The van der Waals surface area contributed by atoms with E-state index in [1.807, 2.05) is 36.4 Å². The first-order valence-electron chi connectivity index (χ1n) is 15.7. The summed E-state index contributed by atoms with van der Waals surface area (Å²) in [5.41, 5.74) is 3.98. The first kappa shape index (κ1) is 26.2. The van der Waals surface area contributed by atoms with Gasteiger partial charge in [-0.15, -0.1) is 0 Å². The lowest BCUT2D eigenvalue weighted by molar-refractivity contribution is -0.136. The second kappa shape index (κ2) is 8.09. The molecule has 2 saturated carbocycles. The molecule has 5 fully saturated rings. The number of ether oxygens (including phenoxy) is 5. The van der Waals surface area contributed by atoms with Gasteiger partial charge in [0.1, 0.15) is 30.0 Å². The molecule has 1 N–H and O–H groups in total. The SMILES string of the molecule is Cc1cccc(Nc2ccccc2C(=O)OC2C3(C(C)C)OC3C3OC34C3(C)CCC5=C(COC5=O)C3CC3OC324)c1C. The van der Waals surface area contributed by atoms with Gasteiger partial charge in [-0.3, -0.25) is 0 Å². The summed E-state index contributed by atoms with van der Waals surface area (Å²) in [6.07, 6.45) is 1.15. The van der Waals surface area contributed by atoms with Crippen molar-refractivity contribution >= 4 is 23.3 Å². The number of benzene rings is 2. The van der Waals surface area contributed by atoms with Crippen LogP contribution in [-0.2, 0) is 28.5 Å². The molecule has 0 bridgehead atoms.